The molecule has 20 heavy (non-hydrogen) atoms. The van der Waals surface area contributed by atoms with Crippen molar-refractivity contribution >= 4 is 23.4 Å². The lowest BCUT2D eigenvalue weighted by Crippen LogP contribution is -2.34. The van der Waals surface area contributed by atoms with Crippen molar-refractivity contribution in [2.24, 2.45) is 5.92 Å². The van der Waals surface area contributed by atoms with E-state index in [-0.39, 0.29) is 11.8 Å². The van der Waals surface area contributed by atoms with Crippen molar-refractivity contribution in [2.75, 3.05) is 13.1 Å². The van der Waals surface area contributed by atoms with E-state index in [0.29, 0.717) is 36.0 Å². The third kappa shape index (κ3) is 6.57. The second kappa shape index (κ2) is 8.59. The van der Waals surface area contributed by atoms with Crippen molar-refractivity contribution in [1.82, 2.24) is 10.6 Å². The molecule has 4 nitrogen and oxygen atoms in total. The summed E-state index contributed by atoms with van der Waals surface area (Å²) < 4.78 is 0. The molecule has 0 aliphatic heterocycles. The lowest BCUT2D eigenvalue weighted by atomic mass is 10.1. The molecule has 0 bridgehead atoms. The second-order valence-corrected chi connectivity index (χ2v) is 5.48. The minimum atomic E-state index is -0.168. The largest absolute Gasteiger partial charge is 0.354 e. The monoisotopic (exact) mass is 296 g/mol. The van der Waals surface area contributed by atoms with Crippen molar-refractivity contribution < 1.29 is 9.59 Å². The van der Waals surface area contributed by atoms with Crippen LogP contribution in [0, 0.1) is 5.92 Å². The molecule has 0 aliphatic carbocycles. The molecule has 0 fully saturated rings. The number of hydrogen-bond donors (Lipinski definition) is 2. The number of nitrogens with one attached hydrogen (secondary N) is 2. The van der Waals surface area contributed by atoms with E-state index in [1.165, 1.54) is 0 Å². The van der Waals surface area contributed by atoms with Gasteiger partial charge in [-0.3, -0.25) is 9.59 Å². The van der Waals surface area contributed by atoms with Crippen LogP contribution in [0.1, 0.15) is 37.0 Å². The van der Waals surface area contributed by atoms with Crippen LogP contribution in [-0.4, -0.2) is 24.9 Å². The smallest absolute Gasteiger partial charge is 0.251 e. The van der Waals surface area contributed by atoms with E-state index in [0.717, 1.165) is 6.42 Å². The summed E-state index contributed by atoms with van der Waals surface area (Å²) in [6, 6.07) is 6.67. The zero-order valence-corrected chi connectivity index (χ0v) is 12.7. The Morgan fingerprint density at radius 2 is 1.70 bits per heavy atom. The van der Waals surface area contributed by atoms with E-state index >= 15 is 0 Å². The van der Waals surface area contributed by atoms with Gasteiger partial charge >= 0.3 is 0 Å². The van der Waals surface area contributed by atoms with Crippen molar-refractivity contribution in [1.29, 1.82) is 0 Å². The lowest BCUT2D eigenvalue weighted by Gasteiger charge is -2.08. The fourth-order valence-corrected chi connectivity index (χ4v) is 1.72. The fraction of sp³-hybridized carbons (Fsp3) is 0.467. The highest BCUT2D eigenvalue weighted by molar-refractivity contribution is 6.30. The van der Waals surface area contributed by atoms with Crippen LogP contribution in [0.2, 0.25) is 5.02 Å². The van der Waals surface area contributed by atoms with Crippen LogP contribution in [0.5, 0.6) is 0 Å². The molecule has 0 unspecified atom stereocenters. The van der Waals surface area contributed by atoms with Crippen LogP contribution in [-0.2, 0) is 4.79 Å². The average molecular weight is 297 g/mol. The molecule has 2 N–H and O–H groups in total. The first-order valence-corrected chi connectivity index (χ1v) is 7.17. The molecule has 0 heterocycles. The maximum absolute atomic E-state index is 11.7. The zero-order valence-electron chi connectivity index (χ0n) is 11.9. The van der Waals surface area contributed by atoms with Crippen molar-refractivity contribution in [3.63, 3.8) is 0 Å². The third-order valence-electron chi connectivity index (χ3n) is 2.79. The Labute approximate surface area is 124 Å². The number of benzene rings is 1. The van der Waals surface area contributed by atoms with Gasteiger partial charge in [0, 0.05) is 30.1 Å². The molecule has 0 atom stereocenters. The van der Waals surface area contributed by atoms with Crippen LogP contribution in [0.25, 0.3) is 0 Å². The van der Waals surface area contributed by atoms with Gasteiger partial charge < -0.3 is 10.6 Å². The van der Waals surface area contributed by atoms with E-state index in [1.807, 2.05) is 0 Å². The third-order valence-corrected chi connectivity index (χ3v) is 3.04. The van der Waals surface area contributed by atoms with Crippen molar-refractivity contribution in [2.45, 2.75) is 26.7 Å². The zero-order chi connectivity index (χ0) is 15.0. The summed E-state index contributed by atoms with van der Waals surface area (Å²) in [5.74, 6) is 0.378. The maximum atomic E-state index is 11.7. The number of rotatable bonds is 7. The standard InChI is InChI=1S/C15H21ClN2O2/c1-11(2)3-8-14(19)17-9-10-18-15(20)12-4-6-13(16)7-5-12/h4-7,11H,3,8-10H2,1-2H3,(H,17,19)(H,18,20). The van der Waals surface area contributed by atoms with Crippen LogP contribution in [0.15, 0.2) is 24.3 Å². The highest BCUT2D eigenvalue weighted by atomic mass is 35.5. The van der Waals surface area contributed by atoms with Gasteiger partial charge in [0.25, 0.3) is 5.91 Å². The van der Waals surface area contributed by atoms with Crippen molar-refractivity contribution in [3.8, 4) is 0 Å². The molecular formula is C15H21ClN2O2. The number of carbonyl (C=O) groups is 2. The first-order valence-electron chi connectivity index (χ1n) is 6.79. The lowest BCUT2D eigenvalue weighted by molar-refractivity contribution is -0.121. The van der Waals surface area contributed by atoms with Gasteiger partial charge in [-0.1, -0.05) is 25.4 Å². The molecule has 0 aliphatic rings. The summed E-state index contributed by atoms with van der Waals surface area (Å²) in [6.45, 7) is 5.02. The van der Waals surface area contributed by atoms with Gasteiger partial charge in [-0.15, -0.1) is 0 Å². The second-order valence-electron chi connectivity index (χ2n) is 5.05. The number of halogens is 1. The normalized spacial score (nSPS) is 10.4. The van der Waals surface area contributed by atoms with Gasteiger partial charge in [0.05, 0.1) is 0 Å². The minimum absolute atomic E-state index is 0.0273. The predicted octanol–water partition coefficient (Wildman–Crippen LogP) is 2.62. The highest BCUT2D eigenvalue weighted by Crippen LogP contribution is 2.09. The van der Waals surface area contributed by atoms with E-state index in [4.69, 9.17) is 11.6 Å². The first kappa shape index (κ1) is 16.5. The number of carbonyl (C=O) groups excluding carboxylic acids is 2. The summed E-state index contributed by atoms with van der Waals surface area (Å²) in [6.07, 6.45) is 1.41. The molecule has 0 saturated heterocycles. The van der Waals surface area contributed by atoms with Crippen LogP contribution < -0.4 is 10.6 Å². The summed E-state index contributed by atoms with van der Waals surface area (Å²) in [5.41, 5.74) is 0.556. The average Bonchev–Trinajstić information content (AvgIpc) is 2.42. The quantitative estimate of drug-likeness (QED) is 0.760. The molecule has 0 aromatic heterocycles. The van der Waals surface area contributed by atoms with Crippen molar-refractivity contribution in [3.05, 3.63) is 34.9 Å². The molecule has 1 aromatic rings. The van der Waals surface area contributed by atoms with Gasteiger partial charge in [-0.25, -0.2) is 0 Å². The molecule has 2 amide bonds. The SMILES string of the molecule is CC(C)CCC(=O)NCCNC(=O)c1ccc(Cl)cc1. The van der Waals surface area contributed by atoms with Gasteiger partial charge in [-0.2, -0.15) is 0 Å². The van der Waals surface area contributed by atoms with Gasteiger partial charge in [0.2, 0.25) is 5.91 Å². The van der Waals surface area contributed by atoms with Crippen LogP contribution >= 0.6 is 11.6 Å². The first-order chi connectivity index (χ1) is 9.49. The Bertz CT molecular complexity index is 444. The van der Waals surface area contributed by atoms with Crippen LogP contribution in [0.4, 0.5) is 0 Å². The van der Waals surface area contributed by atoms with Gasteiger partial charge in [0.1, 0.15) is 0 Å². The van der Waals surface area contributed by atoms with Gasteiger partial charge in [0.15, 0.2) is 0 Å². The minimum Gasteiger partial charge on any atom is -0.354 e. The molecule has 0 spiro atoms. The van der Waals surface area contributed by atoms with Crippen LogP contribution in [0.3, 0.4) is 0 Å². The fourth-order valence-electron chi connectivity index (χ4n) is 1.59. The Kier molecular flexibility index (Phi) is 7.09. The molecule has 0 saturated carbocycles. The molecule has 1 rings (SSSR count). The topological polar surface area (TPSA) is 58.2 Å². The Hall–Kier alpha value is -1.55. The summed E-state index contributed by atoms with van der Waals surface area (Å²) >= 11 is 5.75. The Morgan fingerprint density at radius 1 is 1.10 bits per heavy atom. The molecule has 5 heteroatoms. The highest BCUT2D eigenvalue weighted by Gasteiger charge is 2.05. The van der Waals surface area contributed by atoms with E-state index in [1.54, 1.807) is 24.3 Å². The Morgan fingerprint density at radius 3 is 2.30 bits per heavy atom. The number of amides is 2. The van der Waals surface area contributed by atoms with Gasteiger partial charge in [-0.05, 0) is 36.6 Å². The molecular weight excluding hydrogens is 276 g/mol. The van der Waals surface area contributed by atoms with E-state index < -0.39 is 0 Å². The maximum Gasteiger partial charge on any atom is 0.251 e. The summed E-state index contributed by atoms with van der Waals surface area (Å²) in [7, 11) is 0. The van der Waals surface area contributed by atoms with E-state index in [2.05, 4.69) is 24.5 Å². The summed E-state index contributed by atoms with van der Waals surface area (Å²) in [5, 5.41) is 6.12. The summed E-state index contributed by atoms with van der Waals surface area (Å²) in [4.78, 5) is 23.2. The predicted molar refractivity (Wildman–Crippen MR) is 80.9 cm³/mol. The Balaban J connectivity index is 2.19. The number of hydrogen-bond acceptors (Lipinski definition) is 2. The van der Waals surface area contributed by atoms with E-state index in [9.17, 15) is 9.59 Å². The molecule has 1 aromatic carbocycles. The molecule has 0 radical (unpaired) electrons. The molecule has 110 valence electrons.